The zero-order valence-electron chi connectivity index (χ0n) is 18.4. The van der Waals surface area contributed by atoms with Gasteiger partial charge in [0.2, 0.25) is 0 Å². The highest BCUT2D eigenvalue weighted by Gasteiger charge is 2.35. The fourth-order valence-corrected chi connectivity index (χ4v) is 3.79. The molecule has 0 N–H and O–H groups in total. The summed E-state index contributed by atoms with van der Waals surface area (Å²) in [7, 11) is 1.64. The molecule has 31 heavy (non-hydrogen) atoms. The molecule has 1 atom stereocenters. The molecule has 162 valence electrons. The number of benzene rings is 2. The largest absolute Gasteiger partial charge is 0.497 e. The normalized spacial score (nSPS) is 14.2. The molecule has 1 saturated carbocycles. The van der Waals surface area contributed by atoms with Crippen molar-refractivity contribution in [3.63, 3.8) is 0 Å². The Bertz CT molecular complexity index is 1030. The van der Waals surface area contributed by atoms with E-state index in [0.717, 1.165) is 41.3 Å². The summed E-state index contributed by atoms with van der Waals surface area (Å²) in [6.07, 6.45) is 2.31. The molecule has 1 aliphatic carbocycles. The highest BCUT2D eigenvalue weighted by Crippen LogP contribution is 2.38. The molecule has 3 aromatic rings. The smallest absolute Gasteiger partial charge is 0.258 e. The average molecular weight is 421 g/mol. The van der Waals surface area contributed by atoms with Crippen molar-refractivity contribution in [3.05, 3.63) is 71.1 Å². The average Bonchev–Trinajstić information content (AvgIpc) is 3.59. The van der Waals surface area contributed by atoms with Crippen molar-refractivity contribution in [2.24, 2.45) is 5.92 Å². The molecule has 0 radical (unpaired) electrons. The van der Waals surface area contributed by atoms with E-state index in [1.165, 1.54) is 0 Å². The molecule has 6 nitrogen and oxygen atoms in total. The van der Waals surface area contributed by atoms with Crippen LogP contribution < -0.4 is 14.4 Å². The number of hydrogen-bond acceptors (Lipinski definition) is 5. The number of rotatable bonds is 8. The standard InChI is InChI=1S/C25H28N2O4/c1-16-24(18(3)31-26-16)15-30-23-7-5-6-20(14-23)25(28)27(17(2)19-8-9-19)21-10-12-22(29-4)13-11-21/h5-7,10-14,17,19H,8-9,15H2,1-4H3. The number of ether oxygens (including phenoxy) is 2. The van der Waals surface area contributed by atoms with Gasteiger partial charge in [-0.05, 0) is 82.0 Å². The first-order valence-corrected chi connectivity index (χ1v) is 10.6. The Morgan fingerprint density at radius 1 is 1.16 bits per heavy atom. The first-order valence-electron chi connectivity index (χ1n) is 10.6. The van der Waals surface area contributed by atoms with E-state index in [1.807, 2.05) is 61.2 Å². The number of anilines is 1. The summed E-state index contributed by atoms with van der Waals surface area (Å²) in [5.41, 5.74) is 3.21. The topological polar surface area (TPSA) is 64.8 Å². The summed E-state index contributed by atoms with van der Waals surface area (Å²) in [4.78, 5) is 15.5. The van der Waals surface area contributed by atoms with E-state index in [1.54, 1.807) is 13.2 Å². The SMILES string of the molecule is COc1ccc(N(C(=O)c2cccc(OCc3c(C)noc3C)c2)C(C)C2CC2)cc1. The zero-order chi connectivity index (χ0) is 22.0. The third-order valence-electron chi connectivity index (χ3n) is 5.93. The van der Waals surface area contributed by atoms with Gasteiger partial charge in [0.05, 0.1) is 18.4 Å². The van der Waals surface area contributed by atoms with E-state index in [9.17, 15) is 4.79 Å². The Labute approximate surface area is 182 Å². The van der Waals surface area contributed by atoms with Gasteiger partial charge in [-0.1, -0.05) is 11.2 Å². The van der Waals surface area contributed by atoms with Crippen LogP contribution in [0.25, 0.3) is 0 Å². The minimum Gasteiger partial charge on any atom is -0.497 e. The van der Waals surface area contributed by atoms with Gasteiger partial charge in [0.15, 0.2) is 0 Å². The fraction of sp³-hybridized carbons (Fsp3) is 0.360. The number of nitrogens with zero attached hydrogens (tertiary/aromatic N) is 2. The van der Waals surface area contributed by atoms with Gasteiger partial charge in [0.25, 0.3) is 5.91 Å². The molecule has 1 aliphatic rings. The maximum Gasteiger partial charge on any atom is 0.258 e. The van der Waals surface area contributed by atoms with E-state index in [-0.39, 0.29) is 11.9 Å². The third-order valence-corrected chi connectivity index (χ3v) is 5.93. The molecule has 4 rings (SSSR count). The third kappa shape index (κ3) is 4.58. The van der Waals surface area contributed by atoms with Crippen molar-refractivity contribution >= 4 is 11.6 Å². The summed E-state index contributed by atoms with van der Waals surface area (Å²) < 4.78 is 16.4. The first-order chi connectivity index (χ1) is 15.0. The van der Waals surface area contributed by atoms with E-state index in [0.29, 0.717) is 23.8 Å². The molecule has 1 unspecified atom stereocenters. The summed E-state index contributed by atoms with van der Waals surface area (Å²) in [6.45, 7) is 6.23. The first kappa shape index (κ1) is 21.0. The van der Waals surface area contributed by atoms with E-state index < -0.39 is 0 Å². The summed E-state index contributed by atoms with van der Waals surface area (Å²) >= 11 is 0. The summed E-state index contributed by atoms with van der Waals surface area (Å²) in [5, 5.41) is 3.96. The van der Waals surface area contributed by atoms with Crippen molar-refractivity contribution in [2.75, 3.05) is 12.0 Å². The summed E-state index contributed by atoms with van der Waals surface area (Å²) in [5.74, 6) is 2.65. The van der Waals surface area contributed by atoms with Gasteiger partial charge >= 0.3 is 0 Å². The van der Waals surface area contributed by atoms with Crippen LogP contribution >= 0.6 is 0 Å². The minimum absolute atomic E-state index is 0.0349. The highest BCUT2D eigenvalue weighted by atomic mass is 16.5. The van der Waals surface area contributed by atoms with Crippen LogP contribution in [0.2, 0.25) is 0 Å². The van der Waals surface area contributed by atoms with Gasteiger partial charge in [-0.3, -0.25) is 4.79 Å². The number of carbonyl (C=O) groups is 1. The fourth-order valence-electron chi connectivity index (χ4n) is 3.79. The van der Waals surface area contributed by atoms with Crippen molar-refractivity contribution in [3.8, 4) is 11.5 Å². The molecule has 0 saturated heterocycles. The Hall–Kier alpha value is -3.28. The van der Waals surface area contributed by atoms with E-state index >= 15 is 0 Å². The lowest BCUT2D eigenvalue weighted by Gasteiger charge is -2.30. The van der Waals surface area contributed by atoms with Gasteiger partial charge in [0, 0.05) is 17.3 Å². The van der Waals surface area contributed by atoms with Crippen molar-refractivity contribution in [1.29, 1.82) is 0 Å². The van der Waals surface area contributed by atoms with Crippen molar-refractivity contribution in [1.82, 2.24) is 5.16 Å². The molecule has 2 aromatic carbocycles. The van der Waals surface area contributed by atoms with Crippen LogP contribution in [0.5, 0.6) is 11.5 Å². The molecule has 1 fully saturated rings. The quantitative estimate of drug-likeness (QED) is 0.493. The Morgan fingerprint density at radius 2 is 1.90 bits per heavy atom. The lowest BCUT2D eigenvalue weighted by molar-refractivity contribution is 0.0975. The number of aryl methyl sites for hydroxylation is 2. The van der Waals surface area contributed by atoms with E-state index in [2.05, 4.69) is 12.1 Å². The molecule has 0 bridgehead atoms. The number of methoxy groups -OCH3 is 1. The molecule has 1 amide bonds. The number of amides is 1. The predicted molar refractivity (Wildman–Crippen MR) is 119 cm³/mol. The molecule has 0 aliphatic heterocycles. The van der Waals surface area contributed by atoms with Gasteiger partial charge in [-0.15, -0.1) is 0 Å². The lowest BCUT2D eigenvalue weighted by atomic mass is 10.1. The number of aromatic nitrogens is 1. The minimum atomic E-state index is -0.0349. The number of carbonyl (C=O) groups excluding carboxylic acids is 1. The van der Waals surface area contributed by atoms with E-state index in [4.69, 9.17) is 14.0 Å². The Morgan fingerprint density at radius 3 is 2.52 bits per heavy atom. The van der Waals surface area contributed by atoms with Crippen LogP contribution in [-0.2, 0) is 6.61 Å². The Balaban J connectivity index is 1.57. The van der Waals surface area contributed by atoms with Gasteiger partial charge in [0.1, 0.15) is 23.9 Å². The zero-order valence-corrected chi connectivity index (χ0v) is 18.4. The van der Waals surface area contributed by atoms with Gasteiger partial charge < -0.3 is 18.9 Å². The van der Waals surface area contributed by atoms with Crippen LogP contribution in [0.15, 0.2) is 53.1 Å². The lowest BCUT2D eigenvalue weighted by Crippen LogP contribution is -2.40. The van der Waals surface area contributed by atoms with Crippen LogP contribution in [0, 0.1) is 19.8 Å². The van der Waals surface area contributed by atoms with Gasteiger partial charge in [-0.25, -0.2) is 0 Å². The van der Waals surface area contributed by atoms with Gasteiger partial charge in [-0.2, -0.15) is 0 Å². The van der Waals surface area contributed by atoms with Crippen molar-refractivity contribution < 1.29 is 18.8 Å². The second kappa shape index (κ2) is 8.84. The maximum absolute atomic E-state index is 13.6. The second-order valence-corrected chi connectivity index (χ2v) is 8.07. The second-order valence-electron chi connectivity index (χ2n) is 8.07. The summed E-state index contributed by atoms with van der Waals surface area (Å²) in [6, 6.07) is 15.1. The number of hydrogen-bond donors (Lipinski definition) is 0. The monoisotopic (exact) mass is 420 g/mol. The maximum atomic E-state index is 13.6. The van der Waals surface area contributed by atoms with Crippen LogP contribution in [-0.4, -0.2) is 24.2 Å². The highest BCUT2D eigenvalue weighted by molar-refractivity contribution is 6.06. The molecular weight excluding hydrogens is 392 g/mol. The van der Waals surface area contributed by atoms with Crippen LogP contribution in [0.4, 0.5) is 5.69 Å². The molecule has 1 aromatic heterocycles. The van der Waals surface area contributed by atoms with Crippen molar-refractivity contribution in [2.45, 2.75) is 46.3 Å². The molecule has 1 heterocycles. The predicted octanol–water partition coefficient (Wildman–Crippen LogP) is 5.32. The van der Waals surface area contributed by atoms with Crippen LogP contribution in [0.1, 0.15) is 47.1 Å². The molecule has 0 spiro atoms. The molecule has 6 heteroatoms. The Kier molecular flexibility index (Phi) is 5.98. The molecular formula is C25H28N2O4. The van der Waals surface area contributed by atoms with Crippen LogP contribution in [0.3, 0.4) is 0 Å².